The van der Waals surface area contributed by atoms with Gasteiger partial charge in [-0.1, -0.05) is 37.3 Å². The largest absolute Gasteiger partial charge is 0.353 e. The van der Waals surface area contributed by atoms with Crippen LogP contribution in [0.1, 0.15) is 42.2 Å². The summed E-state index contributed by atoms with van der Waals surface area (Å²) in [6.45, 7) is 3.32. The molecule has 1 aromatic heterocycles. The van der Waals surface area contributed by atoms with Gasteiger partial charge in [-0.2, -0.15) is 0 Å². The molecule has 5 nitrogen and oxygen atoms in total. The molecule has 0 saturated heterocycles. The van der Waals surface area contributed by atoms with Crippen molar-refractivity contribution in [1.82, 2.24) is 14.4 Å². The molecular formula is C25H29N3O2. The minimum Gasteiger partial charge on any atom is -0.353 e. The summed E-state index contributed by atoms with van der Waals surface area (Å²) in [6.07, 6.45) is 4.90. The molecule has 0 spiro atoms. The number of hydrogen-bond acceptors (Lipinski definition) is 2. The Morgan fingerprint density at radius 2 is 1.80 bits per heavy atom. The number of amides is 2. The van der Waals surface area contributed by atoms with Crippen LogP contribution >= 0.6 is 0 Å². The third kappa shape index (κ3) is 4.40. The number of fused-ring (bicyclic) bond motifs is 1. The fourth-order valence-corrected chi connectivity index (χ4v) is 3.92. The Morgan fingerprint density at radius 1 is 1.03 bits per heavy atom. The predicted octanol–water partition coefficient (Wildman–Crippen LogP) is 4.22. The first-order chi connectivity index (χ1) is 14.6. The zero-order chi connectivity index (χ0) is 21.1. The van der Waals surface area contributed by atoms with Gasteiger partial charge in [0.15, 0.2) is 0 Å². The molecule has 156 valence electrons. The van der Waals surface area contributed by atoms with Gasteiger partial charge < -0.3 is 14.4 Å². The Morgan fingerprint density at radius 3 is 2.47 bits per heavy atom. The number of aromatic nitrogens is 1. The molecule has 1 aliphatic carbocycles. The maximum absolute atomic E-state index is 13.2. The molecule has 0 radical (unpaired) electrons. The fourth-order valence-electron chi connectivity index (χ4n) is 3.92. The third-order valence-corrected chi connectivity index (χ3v) is 5.79. The average molecular weight is 404 g/mol. The first kappa shape index (κ1) is 20.2. The van der Waals surface area contributed by atoms with E-state index in [1.54, 1.807) is 4.90 Å². The van der Waals surface area contributed by atoms with Gasteiger partial charge in [-0.05, 0) is 54.3 Å². The van der Waals surface area contributed by atoms with Gasteiger partial charge >= 0.3 is 0 Å². The molecule has 1 heterocycles. The van der Waals surface area contributed by atoms with E-state index in [2.05, 4.69) is 0 Å². The van der Waals surface area contributed by atoms with Crippen molar-refractivity contribution in [2.24, 2.45) is 7.05 Å². The van der Waals surface area contributed by atoms with E-state index in [4.69, 9.17) is 0 Å². The van der Waals surface area contributed by atoms with Crippen LogP contribution in [0.5, 0.6) is 0 Å². The van der Waals surface area contributed by atoms with Crippen LogP contribution < -0.4 is 0 Å². The summed E-state index contributed by atoms with van der Waals surface area (Å²) in [5, 5.41) is 2.14. The van der Waals surface area contributed by atoms with Crippen molar-refractivity contribution < 1.29 is 9.59 Å². The quantitative estimate of drug-likeness (QED) is 0.565. The summed E-state index contributed by atoms with van der Waals surface area (Å²) in [7, 11) is 2.00. The second-order valence-electron chi connectivity index (χ2n) is 8.15. The topological polar surface area (TPSA) is 45.6 Å². The summed E-state index contributed by atoms with van der Waals surface area (Å²) in [4.78, 5) is 30.1. The smallest absolute Gasteiger partial charge is 0.254 e. The van der Waals surface area contributed by atoms with Gasteiger partial charge in [0.05, 0.1) is 6.54 Å². The molecule has 2 amide bonds. The molecule has 0 bridgehead atoms. The SMILES string of the molecule is CCCN(CC(=O)N(Cc1cccn1C)C1CC1)C(=O)c1ccc2ccccc2c1. The highest BCUT2D eigenvalue weighted by Gasteiger charge is 2.34. The summed E-state index contributed by atoms with van der Waals surface area (Å²) < 4.78 is 2.05. The molecule has 4 rings (SSSR count). The molecule has 1 saturated carbocycles. The highest BCUT2D eigenvalue weighted by atomic mass is 16.2. The van der Waals surface area contributed by atoms with E-state index < -0.39 is 0 Å². The first-order valence-electron chi connectivity index (χ1n) is 10.7. The molecule has 0 atom stereocenters. The number of rotatable bonds is 8. The summed E-state index contributed by atoms with van der Waals surface area (Å²) >= 11 is 0. The first-order valence-corrected chi connectivity index (χ1v) is 10.7. The second kappa shape index (κ2) is 8.74. The van der Waals surface area contributed by atoms with Gasteiger partial charge in [0.25, 0.3) is 5.91 Å². The monoisotopic (exact) mass is 403 g/mol. The minimum absolute atomic E-state index is 0.0290. The number of carbonyl (C=O) groups excluding carboxylic acids is 2. The van der Waals surface area contributed by atoms with Gasteiger partial charge in [-0.25, -0.2) is 0 Å². The standard InChI is InChI=1S/C25H29N3O2/c1-3-14-27(25(30)21-11-10-19-7-4-5-8-20(19)16-21)18-24(29)28(22-12-13-22)17-23-9-6-15-26(23)2/h4-11,15-16,22H,3,12-14,17-18H2,1-2H3. The minimum atomic E-state index is -0.0782. The van der Waals surface area contributed by atoms with Gasteiger partial charge in [0, 0.05) is 37.1 Å². The molecule has 30 heavy (non-hydrogen) atoms. The van der Waals surface area contributed by atoms with Crippen molar-refractivity contribution in [2.75, 3.05) is 13.1 Å². The molecule has 1 aliphatic rings. The maximum Gasteiger partial charge on any atom is 0.254 e. The van der Waals surface area contributed by atoms with Crippen LogP contribution in [-0.2, 0) is 18.4 Å². The van der Waals surface area contributed by atoms with E-state index in [-0.39, 0.29) is 18.4 Å². The van der Waals surface area contributed by atoms with E-state index in [1.807, 2.05) is 84.2 Å². The lowest BCUT2D eigenvalue weighted by molar-refractivity contribution is -0.133. The van der Waals surface area contributed by atoms with Crippen molar-refractivity contribution in [2.45, 2.75) is 38.8 Å². The van der Waals surface area contributed by atoms with Crippen molar-refractivity contribution in [3.63, 3.8) is 0 Å². The van der Waals surface area contributed by atoms with Gasteiger partial charge in [-0.3, -0.25) is 9.59 Å². The second-order valence-corrected chi connectivity index (χ2v) is 8.15. The number of carbonyl (C=O) groups is 2. The summed E-state index contributed by atoms with van der Waals surface area (Å²) in [5.41, 5.74) is 1.74. The van der Waals surface area contributed by atoms with Crippen LogP contribution in [0.3, 0.4) is 0 Å². The number of nitrogens with zero attached hydrogens (tertiary/aromatic N) is 3. The molecule has 0 N–H and O–H groups in total. The van der Waals surface area contributed by atoms with Crippen LogP contribution in [0.25, 0.3) is 10.8 Å². The predicted molar refractivity (Wildman–Crippen MR) is 119 cm³/mol. The van der Waals surface area contributed by atoms with E-state index in [9.17, 15) is 9.59 Å². The normalized spacial score (nSPS) is 13.4. The van der Waals surface area contributed by atoms with Crippen LogP contribution in [0.4, 0.5) is 0 Å². The van der Waals surface area contributed by atoms with Crippen LogP contribution in [0.15, 0.2) is 60.8 Å². The van der Waals surface area contributed by atoms with Crippen molar-refractivity contribution in [3.8, 4) is 0 Å². The average Bonchev–Trinajstić information content (AvgIpc) is 3.52. The van der Waals surface area contributed by atoms with E-state index in [1.165, 1.54) is 0 Å². The Balaban J connectivity index is 1.51. The number of hydrogen-bond donors (Lipinski definition) is 0. The Hall–Kier alpha value is -3.08. The Bertz CT molecular complexity index is 1050. The Labute approximate surface area is 177 Å². The van der Waals surface area contributed by atoms with Crippen molar-refractivity contribution in [1.29, 1.82) is 0 Å². The van der Waals surface area contributed by atoms with Crippen molar-refractivity contribution >= 4 is 22.6 Å². The summed E-state index contributed by atoms with van der Waals surface area (Å²) in [6, 6.07) is 18.1. The van der Waals surface area contributed by atoms with E-state index >= 15 is 0 Å². The molecule has 1 fully saturated rings. The summed E-state index contributed by atoms with van der Waals surface area (Å²) in [5.74, 6) is -0.0492. The molecule has 2 aromatic carbocycles. The van der Waals surface area contributed by atoms with Crippen molar-refractivity contribution in [3.05, 3.63) is 72.1 Å². The third-order valence-electron chi connectivity index (χ3n) is 5.79. The Kier molecular flexibility index (Phi) is 5.88. The molecule has 5 heteroatoms. The van der Waals surface area contributed by atoms with Gasteiger partial charge in [-0.15, -0.1) is 0 Å². The lowest BCUT2D eigenvalue weighted by Crippen LogP contribution is -2.44. The molecule has 0 aliphatic heterocycles. The molecule has 3 aromatic rings. The zero-order valence-electron chi connectivity index (χ0n) is 17.8. The van der Waals surface area contributed by atoms with Gasteiger partial charge in [0.1, 0.15) is 6.54 Å². The number of aryl methyl sites for hydroxylation is 1. The van der Waals surface area contributed by atoms with E-state index in [0.717, 1.165) is 35.7 Å². The lowest BCUT2D eigenvalue weighted by atomic mass is 10.1. The van der Waals surface area contributed by atoms with E-state index in [0.29, 0.717) is 24.7 Å². The highest BCUT2D eigenvalue weighted by Crippen LogP contribution is 2.29. The van der Waals surface area contributed by atoms with Crippen LogP contribution in [-0.4, -0.2) is 45.3 Å². The molecular weight excluding hydrogens is 374 g/mol. The van der Waals surface area contributed by atoms with Gasteiger partial charge in [0.2, 0.25) is 5.91 Å². The lowest BCUT2D eigenvalue weighted by Gasteiger charge is -2.28. The zero-order valence-corrected chi connectivity index (χ0v) is 17.8. The number of benzene rings is 2. The maximum atomic E-state index is 13.2. The highest BCUT2D eigenvalue weighted by molar-refractivity contribution is 6.00. The van der Waals surface area contributed by atoms with Crippen LogP contribution in [0.2, 0.25) is 0 Å². The molecule has 0 unspecified atom stereocenters. The van der Waals surface area contributed by atoms with Crippen LogP contribution in [0, 0.1) is 0 Å². The fraction of sp³-hybridized carbons (Fsp3) is 0.360.